The Morgan fingerprint density at radius 2 is 1.79 bits per heavy atom. The third-order valence-corrected chi connectivity index (χ3v) is 2.54. The van der Waals surface area contributed by atoms with E-state index in [-0.39, 0.29) is 26.2 Å². The fraction of sp³-hybridized carbons (Fsp3) is 0.778. The minimum atomic E-state index is 0. The molecule has 1 rings (SSSR count). The van der Waals surface area contributed by atoms with Gasteiger partial charge in [-0.1, -0.05) is 53.4 Å². The van der Waals surface area contributed by atoms with Crippen molar-refractivity contribution >= 4 is 0 Å². The Labute approximate surface area is 143 Å². The van der Waals surface area contributed by atoms with Gasteiger partial charge in [0.1, 0.15) is 0 Å². The third kappa shape index (κ3) is 32.3. The van der Waals surface area contributed by atoms with Crippen LogP contribution in [0.3, 0.4) is 0 Å². The molecule has 0 saturated heterocycles. The van der Waals surface area contributed by atoms with Crippen molar-refractivity contribution in [3.8, 4) is 0 Å². The molecule has 0 heterocycles. The largest absolute Gasteiger partial charge is 3.00 e. The van der Waals surface area contributed by atoms with Gasteiger partial charge in [-0.25, -0.2) is 0 Å². The molecule has 0 saturated carbocycles. The summed E-state index contributed by atoms with van der Waals surface area (Å²) < 4.78 is 0. The van der Waals surface area contributed by atoms with E-state index in [0.29, 0.717) is 5.41 Å². The van der Waals surface area contributed by atoms with Crippen LogP contribution in [0.1, 0.15) is 86.5 Å². The molecule has 0 unspecified atom stereocenters. The Morgan fingerprint density at radius 1 is 1.26 bits per heavy atom. The molecule has 19 heavy (non-hydrogen) atoms. The summed E-state index contributed by atoms with van der Waals surface area (Å²) in [6, 6.07) is 0. The summed E-state index contributed by atoms with van der Waals surface area (Å²) >= 11 is 0. The summed E-state index contributed by atoms with van der Waals surface area (Å²) in [5, 5.41) is 0. The standard InChI is InChI=1S/C9H19.C5H7.C4H9.Zr/c1-8(2)6-7-9(3,4)5;1-2-4-5-3-1;1-3-4-2;/h6-7H2,1-5H3;1H,2,4-5H2;1,3-4H2,2H3;/q3*-1;+3. The SMILES string of the molecule is C[C-](C)CCC(C)(C)C.[C-]1=CCCC1.[CH2-]CCC.[Zr+3]. The number of unbranched alkanes of at least 4 members (excludes halogenated alkanes) is 1. The summed E-state index contributed by atoms with van der Waals surface area (Å²) in [7, 11) is 0. The van der Waals surface area contributed by atoms with Crippen molar-refractivity contribution in [3.63, 3.8) is 0 Å². The van der Waals surface area contributed by atoms with Gasteiger partial charge in [-0.2, -0.15) is 33.1 Å². The predicted molar refractivity (Wildman–Crippen MR) is 85.2 cm³/mol. The first-order valence-corrected chi connectivity index (χ1v) is 7.46. The molecule has 111 valence electrons. The van der Waals surface area contributed by atoms with Crippen LogP contribution >= 0.6 is 0 Å². The first-order chi connectivity index (χ1) is 8.33. The van der Waals surface area contributed by atoms with E-state index in [1.807, 2.05) is 0 Å². The van der Waals surface area contributed by atoms with E-state index in [9.17, 15) is 0 Å². The van der Waals surface area contributed by atoms with E-state index in [1.54, 1.807) is 5.92 Å². The second-order valence-corrected chi connectivity index (χ2v) is 6.42. The van der Waals surface area contributed by atoms with Crippen molar-refractivity contribution in [2.45, 2.75) is 86.5 Å². The van der Waals surface area contributed by atoms with E-state index in [4.69, 9.17) is 0 Å². The molecule has 1 aliphatic rings. The van der Waals surface area contributed by atoms with Crippen molar-refractivity contribution in [1.82, 2.24) is 0 Å². The van der Waals surface area contributed by atoms with Crippen molar-refractivity contribution in [2.24, 2.45) is 5.41 Å². The van der Waals surface area contributed by atoms with E-state index >= 15 is 0 Å². The third-order valence-electron chi connectivity index (χ3n) is 2.54. The second-order valence-electron chi connectivity index (χ2n) is 6.42. The number of hydrogen-bond donors (Lipinski definition) is 0. The average Bonchev–Trinajstić information content (AvgIpc) is 2.84. The molecule has 0 aromatic rings. The Hall–Kier alpha value is 0.623. The molecule has 1 radical (unpaired) electrons. The van der Waals surface area contributed by atoms with Crippen LogP contribution in [-0.4, -0.2) is 0 Å². The molecule has 0 aromatic heterocycles. The minimum Gasteiger partial charge on any atom is -0.501 e. The van der Waals surface area contributed by atoms with Crippen molar-refractivity contribution in [1.29, 1.82) is 0 Å². The van der Waals surface area contributed by atoms with Crippen LogP contribution in [0.25, 0.3) is 0 Å². The molecule has 0 atom stereocenters. The zero-order chi connectivity index (χ0) is 14.4. The van der Waals surface area contributed by atoms with Gasteiger partial charge in [0.25, 0.3) is 0 Å². The minimum absolute atomic E-state index is 0. The summed E-state index contributed by atoms with van der Waals surface area (Å²) in [5.74, 6) is 1.55. The van der Waals surface area contributed by atoms with Gasteiger partial charge < -0.3 is 18.9 Å². The fourth-order valence-electron chi connectivity index (χ4n) is 1.14. The Morgan fingerprint density at radius 3 is 1.89 bits per heavy atom. The second kappa shape index (κ2) is 16.7. The molecule has 0 spiro atoms. The predicted octanol–water partition coefficient (Wildman–Crippen LogP) is 6.57. The maximum atomic E-state index is 3.60. The first-order valence-electron chi connectivity index (χ1n) is 7.46. The van der Waals surface area contributed by atoms with E-state index < -0.39 is 0 Å². The van der Waals surface area contributed by atoms with E-state index in [2.05, 4.69) is 60.6 Å². The Kier molecular flexibility index (Phi) is 21.6. The molecule has 0 bridgehead atoms. The molecule has 1 aliphatic carbocycles. The Balaban J connectivity index is -0.000000217. The van der Waals surface area contributed by atoms with Gasteiger partial charge in [-0.05, 0) is 5.41 Å². The van der Waals surface area contributed by atoms with E-state index in [0.717, 1.165) is 6.42 Å². The molecule has 1 heteroatoms. The van der Waals surface area contributed by atoms with Crippen molar-refractivity contribution in [2.75, 3.05) is 0 Å². The monoisotopic (exact) mass is 341 g/mol. The quantitative estimate of drug-likeness (QED) is 0.508. The van der Waals surface area contributed by atoms with Crippen LogP contribution in [0.2, 0.25) is 0 Å². The fourth-order valence-corrected chi connectivity index (χ4v) is 1.14. The normalized spacial score (nSPS) is 13.1. The molecule has 0 fully saturated rings. The maximum Gasteiger partial charge on any atom is 3.00 e. The van der Waals surface area contributed by atoms with Gasteiger partial charge in [0.15, 0.2) is 0 Å². The molecule has 0 nitrogen and oxygen atoms in total. The van der Waals surface area contributed by atoms with Gasteiger partial charge >= 0.3 is 26.2 Å². The zero-order valence-electron chi connectivity index (χ0n) is 14.2. The molecular formula is C18H35Zr. The van der Waals surface area contributed by atoms with Crippen molar-refractivity contribution < 1.29 is 26.2 Å². The first kappa shape index (κ1) is 24.6. The molecular weight excluding hydrogens is 307 g/mol. The van der Waals surface area contributed by atoms with Crippen LogP contribution in [0.15, 0.2) is 6.08 Å². The molecule has 0 aromatic carbocycles. The van der Waals surface area contributed by atoms with Gasteiger partial charge in [-0.3, -0.25) is 6.08 Å². The molecule has 0 N–H and O–H groups in total. The van der Waals surface area contributed by atoms with Gasteiger partial charge in [0.2, 0.25) is 0 Å². The van der Waals surface area contributed by atoms with Crippen LogP contribution < -0.4 is 0 Å². The van der Waals surface area contributed by atoms with Crippen molar-refractivity contribution in [3.05, 3.63) is 25.0 Å². The molecule has 0 amide bonds. The van der Waals surface area contributed by atoms with Gasteiger partial charge in [-0.15, -0.1) is 0 Å². The zero-order valence-corrected chi connectivity index (χ0v) is 16.7. The number of allylic oxidation sites excluding steroid dienone is 2. The average molecular weight is 343 g/mol. The topological polar surface area (TPSA) is 0 Å². The van der Waals surface area contributed by atoms with Gasteiger partial charge in [0.05, 0.1) is 0 Å². The van der Waals surface area contributed by atoms with Gasteiger partial charge in [0, 0.05) is 0 Å². The van der Waals surface area contributed by atoms with Crippen LogP contribution in [0, 0.1) is 24.3 Å². The maximum absolute atomic E-state index is 3.60. The van der Waals surface area contributed by atoms with E-state index in [1.165, 1.54) is 38.5 Å². The van der Waals surface area contributed by atoms with Crippen LogP contribution in [-0.2, 0) is 26.2 Å². The summed E-state index contributed by atoms with van der Waals surface area (Å²) in [6.45, 7) is 17.0. The summed E-state index contributed by atoms with van der Waals surface area (Å²) in [6.07, 6.45) is 13.9. The van der Waals surface area contributed by atoms with Crippen LogP contribution in [0.4, 0.5) is 0 Å². The Bertz CT molecular complexity index is 167. The molecule has 0 aliphatic heterocycles. The smallest absolute Gasteiger partial charge is 0.501 e. The van der Waals surface area contributed by atoms with Crippen LogP contribution in [0.5, 0.6) is 0 Å². The number of hydrogen-bond acceptors (Lipinski definition) is 0. The summed E-state index contributed by atoms with van der Waals surface area (Å²) in [5.41, 5.74) is 0.511. The number of rotatable bonds is 3. The summed E-state index contributed by atoms with van der Waals surface area (Å²) in [4.78, 5) is 0.